The van der Waals surface area contributed by atoms with Crippen LogP contribution in [-0.2, 0) is 8.85 Å². The monoisotopic (exact) mass is 364 g/mol. The van der Waals surface area contributed by atoms with Gasteiger partial charge in [0, 0.05) is 5.56 Å². The van der Waals surface area contributed by atoms with Crippen molar-refractivity contribution in [2.75, 3.05) is 0 Å². The molecule has 1 aromatic rings. The summed E-state index contributed by atoms with van der Waals surface area (Å²) in [6, 6.07) is 5.68. The van der Waals surface area contributed by atoms with E-state index in [-0.39, 0.29) is 12.2 Å². The van der Waals surface area contributed by atoms with E-state index in [1.807, 2.05) is 12.1 Å². The Morgan fingerprint density at radius 3 is 1.90 bits per heavy atom. The Kier molecular flexibility index (Phi) is 6.54. The highest BCUT2D eigenvalue weighted by Crippen LogP contribution is 2.36. The third-order valence-electron chi connectivity index (χ3n) is 2.73. The number of hydrogen-bond acceptors (Lipinski definition) is 2. The van der Waals surface area contributed by atoms with Gasteiger partial charge in [-0.3, -0.25) is 0 Å². The minimum atomic E-state index is -1.75. The van der Waals surface area contributed by atoms with Gasteiger partial charge in [-0.2, -0.15) is 0 Å². The molecule has 0 aromatic heterocycles. The highest BCUT2D eigenvalue weighted by atomic mass is 35.5. The maximum Gasteiger partial charge on any atom is 0.184 e. The van der Waals surface area contributed by atoms with Crippen LogP contribution in [0.15, 0.2) is 18.2 Å². The van der Waals surface area contributed by atoms with E-state index < -0.39 is 16.6 Å². The lowest BCUT2D eigenvalue weighted by atomic mass is 10.1. The molecule has 2 atom stereocenters. The molecule has 0 fully saturated rings. The zero-order chi connectivity index (χ0) is 16.4. The second-order valence-corrected chi connectivity index (χ2v) is 16.9. The van der Waals surface area contributed by atoms with Crippen molar-refractivity contribution in [3.8, 4) is 0 Å². The van der Waals surface area contributed by atoms with E-state index in [4.69, 9.17) is 32.1 Å². The molecule has 6 heteroatoms. The highest BCUT2D eigenvalue weighted by molar-refractivity contribution is 6.70. The minimum absolute atomic E-state index is 0.0561. The van der Waals surface area contributed by atoms with Crippen molar-refractivity contribution in [3.05, 3.63) is 33.8 Å². The van der Waals surface area contributed by atoms with E-state index in [0.29, 0.717) is 10.0 Å². The van der Waals surface area contributed by atoms with Crippen molar-refractivity contribution < 1.29 is 8.85 Å². The lowest BCUT2D eigenvalue weighted by molar-refractivity contribution is 0.0551. The Hall–Kier alpha value is 0.154. The van der Waals surface area contributed by atoms with Crippen LogP contribution in [-0.4, -0.2) is 22.7 Å². The van der Waals surface area contributed by atoms with Crippen LogP contribution < -0.4 is 0 Å². The fourth-order valence-electron chi connectivity index (χ4n) is 2.15. The molecule has 0 radical (unpaired) electrons. The van der Waals surface area contributed by atoms with Crippen molar-refractivity contribution in [2.45, 2.75) is 58.4 Å². The average Bonchev–Trinajstić information content (AvgIpc) is 2.26. The lowest BCUT2D eigenvalue weighted by Crippen LogP contribution is -2.38. The molecule has 0 spiro atoms. The van der Waals surface area contributed by atoms with Gasteiger partial charge in [-0.25, -0.2) is 0 Å². The van der Waals surface area contributed by atoms with Gasteiger partial charge >= 0.3 is 0 Å². The fourth-order valence-corrected chi connectivity index (χ4v) is 4.89. The summed E-state index contributed by atoms with van der Waals surface area (Å²) in [7, 11) is -3.41. The summed E-state index contributed by atoms with van der Waals surface area (Å²) < 4.78 is 12.6. The van der Waals surface area contributed by atoms with Crippen molar-refractivity contribution in [2.24, 2.45) is 0 Å². The maximum atomic E-state index is 6.39. The molecule has 120 valence electrons. The topological polar surface area (TPSA) is 18.5 Å². The Labute approximate surface area is 141 Å². The summed E-state index contributed by atoms with van der Waals surface area (Å²) in [4.78, 5) is 0. The van der Waals surface area contributed by atoms with Gasteiger partial charge in [0.2, 0.25) is 0 Å². The van der Waals surface area contributed by atoms with Crippen LogP contribution in [0.25, 0.3) is 0 Å². The van der Waals surface area contributed by atoms with E-state index in [0.717, 1.165) is 5.56 Å². The molecular formula is C15H26Cl2O2Si2. The van der Waals surface area contributed by atoms with Crippen molar-refractivity contribution in [1.82, 2.24) is 0 Å². The lowest BCUT2D eigenvalue weighted by Gasteiger charge is -2.35. The largest absolute Gasteiger partial charge is 0.412 e. The van der Waals surface area contributed by atoms with Gasteiger partial charge in [-0.05, 0) is 52.3 Å². The van der Waals surface area contributed by atoms with Gasteiger partial charge in [0.05, 0.1) is 22.3 Å². The predicted molar refractivity (Wildman–Crippen MR) is 97.5 cm³/mol. The number of hydrogen-bond donors (Lipinski definition) is 0. The van der Waals surface area contributed by atoms with E-state index in [9.17, 15) is 0 Å². The summed E-state index contributed by atoms with van der Waals surface area (Å²) in [6.45, 7) is 15.1. The first-order valence-corrected chi connectivity index (χ1v) is 14.8. The first kappa shape index (κ1) is 19.2. The third kappa shape index (κ3) is 6.42. The average molecular weight is 365 g/mol. The summed E-state index contributed by atoms with van der Waals surface area (Å²) >= 11 is 12.6. The maximum absolute atomic E-state index is 6.39. The quantitative estimate of drug-likeness (QED) is 0.565. The summed E-state index contributed by atoms with van der Waals surface area (Å²) in [5.41, 5.74) is 0.914. The molecule has 0 unspecified atom stereocenters. The van der Waals surface area contributed by atoms with Crippen molar-refractivity contribution >= 4 is 39.8 Å². The van der Waals surface area contributed by atoms with Gasteiger partial charge in [-0.1, -0.05) is 35.3 Å². The molecule has 21 heavy (non-hydrogen) atoms. The molecular weight excluding hydrogens is 339 g/mol. The van der Waals surface area contributed by atoms with Crippen LogP contribution in [0.4, 0.5) is 0 Å². The fraction of sp³-hybridized carbons (Fsp3) is 0.600. The van der Waals surface area contributed by atoms with Gasteiger partial charge in [0.15, 0.2) is 16.6 Å². The second-order valence-electron chi connectivity index (χ2n) is 7.23. The smallest absolute Gasteiger partial charge is 0.184 e. The second kappa shape index (κ2) is 7.15. The molecule has 0 saturated carbocycles. The van der Waals surface area contributed by atoms with Crippen LogP contribution in [0.5, 0.6) is 0 Å². The molecule has 1 aromatic carbocycles. The third-order valence-corrected chi connectivity index (χ3v) is 5.61. The predicted octanol–water partition coefficient (Wildman–Crippen LogP) is 6.13. The minimum Gasteiger partial charge on any atom is -0.412 e. The summed E-state index contributed by atoms with van der Waals surface area (Å²) in [5.74, 6) is 0. The van der Waals surface area contributed by atoms with Gasteiger partial charge in [0.1, 0.15) is 0 Å². The van der Waals surface area contributed by atoms with E-state index in [1.54, 1.807) is 6.07 Å². The molecule has 0 aliphatic heterocycles. The van der Waals surface area contributed by atoms with Gasteiger partial charge < -0.3 is 8.85 Å². The summed E-state index contributed by atoms with van der Waals surface area (Å²) in [5, 5.41) is 1.12. The number of benzene rings is 1. The number of halogens is 2. The van der Waals surface area contributed by atoms with Crippen LogP contribution in [0.2, 0.25) is 49.3 Å². The molecule has 0 aliphatic carbocycles. The SMILES string of the molecule is C[C@@H](O[Si](C)(C)C)[C@H](O[Si](C)(C)C)c1cccc(Cl)c1Cl. The van der Waals surface area contributed by atoms with Crippen molar-refractivity contribution in [1.29, 1.82) is 0 Å². The van der Waals surface area contributed by atoms with Crippen LogP contribution in [0.3, 0.4) is 0 Å². The first-order chi connectivity index (χ1) is 9.41. The van der Waals surface area contributed by atoms with Crippen LogP contribution >= 0.6 is 23.2 Å². The standard InChI is InChI=1S/C15H26Cl2O2Si2/c1-11(18-20(2,3)4)15(19-21(5,6)7)12-9-8-10-13(16)14(12)17/h8-11,15H,1-7H3/t11-,15+/m1/s1. The van der Waals surface area contributed by atoms with Crippen molar-refractivity contribution in [3.63, 3.8) is 0 Å². The zero-order valence-electron chi connectivity index (χ0n) is 14.0. The molecule has 1 rings (SSSR count). The highest BCUT2D eigenvalue weighted by Gasteiger charge is 2.32. The molecule has 2 nitrogen and oxygen atoms in total. The normalized spacial score (nSPS) is 15.9. The molecule has 0 amide bonds. The molecule has 0 N–H and O–H groups in total. The Morgan fingerprint density at radius 2 is 1.43 bits per heavy atom. The van der Waals surface area contributed by atoms with E-state index in [1.165, 1.54) is 0 Å². The summed E-state index contributed by atoms with van der Waals surface area (Å²) in [6.07, 6.45) is -0.242. The molecule has 0 heterocycles. The van der Waals surface area contributed by atoms with Crippen LogP contribution in [0, 0.1) is 0 Å². The van der Waals surface area contributed by atoms with E-state index >= 15 is 0 Å². The number of rotatable bonds is 6. The van der Waals surface area contributed by atoms with Crippen LogP contribution in [0.1, 0.15) is 18.6 Å². The first-order valence-electron chi connectivity index (χ1n) is 7.20. The Morgan fingerprint density at radius 1 is 0.905 bits per heavy atom. The molecule has 0 aliphatic rings. The zero-order valence-corrected chi connectivity index (χ0v) is 17.5. The van der Waals surface area contributed by atoms with Gasteiger partial charge in [-0.15, -0.1) is 0 Å². The molecule has 0 bridgehead atoms. The Bertz CT molecular complexity index is 482. The van der Waals surface area contributed by atoms with Gasteiger partial charge in [0.25, 0.3) is 0 Å². The molecule has 0 saturated heterocycles. The Balaban J connectivity index is 3.16. The van der Waals surface area contributed by atoms with E-state index in [2.05, 4.69) is 46.2 Å².